The Morgan fingerprint density at radius 2 is 2.00 bits per heavy atom. The molecule has 1 heterocycles. The van der Waals surface area contributed by atoms with E-state index in [0.717, 1.165) is 6.07 Å². The molecule has 114 valence electrons. The highest BCUT2D eigenvalue weighted by atomic mass is 32.2. The molecule has 2 rings (SSSR count). The second-order valence-corrected chi connectivity index (χ2v) is 6.73. The van der Waals surface area contributed by atoms with Crippen LogP contribution >= 0.6 is 0 Å². The van der Waals surface area contributed by atoms with E-state index < -0.39 is 26.5 Å². The Morgan fingerprint density at radius 1 is 1.33 bits per heavy atom. The van der Waals surface area contributed by atoms with Crippen LogP contribution in [0.1, 0.15) is 17.5 Å². The highest BCUT2D eigenvalue weighted by Gasteiger charge is 2.33. The molecule has 0 aliphatic carbocycles. The molecule has 0 bridgehead atoms. The van der Waals surface area contributed by atoms with Crippen molar-refractivity contribution in [3.63, 3.8) is 0 Å². The van der Waals surface area contributed by atoms with Gasteiger partial charge in [0.05, 0.1) is 15.4 Å². The van der Waals surface area contributed by atoms with Crippen LogP contribution in [0.5, 0.6) is 0 Å². The van der Waals surface area contributed by atoms with E-state index in [1.54, 1.807) is 6.08 Å². The molecule has 1 aliphatic heterocycles. The molecule has 1 aromatic rings. The molecule has 0 spiro atoms. The average molecular weight is 314 g/mol. The molecule has 1 aromatic carbocycles. The molecule has 0 radical (unpaired) electrons. The third kappa shape index (κ3) is 2.68. The van der Waals surface area contributed by atoms with Crippen LogP contribution in [0.3, 0.4) is 0 Å². The van der Waals surface area contributed by atoms with Crippen LogP contribution in [0.25, 0.3) is 0 Å². The lowest BCUT2D eigenvalue weighted by molar-refractivity contribution is -0.388. The van der Waals surface area contributed by atoms with Crippen molar-refractivity contribution < 1.29 is 17.7 Å². The molecule has 0 atom stereocenters. The summed E-state index contributed by atoms with van der Waals surface area (Å²) in [5.74, 6) is -1.02. The predicted molar refractivity (Wildman–Crippen MR) is 75.0 cm³/mol. The quantitative estimate of drug-likeness (QED) is 0.487. The Kier molecular flexibility index (Phi) is 4.11. The Hall–Kier alpha value is -1.80. The van der Waals surface area contributed by atoms with Crippen LogP contribution in [0.2, 0.25) is 0 Å². The zero-order chi connectivity index (χ0) is 15.8. The molecule has 0 saturated carbocycles. The van der Waals surface area contributed by atoms with Crippen molar-refractivity contribution in [1.82, 2.24) is 4.31 Å². The summed E-state index contributed by atoms with van der Waals surface area (Å²) in [5.41, 5.74) is -0.774. The van der Waals surface area contributed by atoms with Gasteiger partial charge >= 0.3 is 5.69 Å². The molecule has 1 aliphatic rings. The number of aryl methyl sites for hydroxylation is 1. The molecule has 0 amide bonds. The van der Waals surface area contributed by atoms with E-state index >= 15 is 0 Å². The van der Waals surface area contributed by atoms with Gasteiger partial charge in [-0.25, -0.2) is 8.42 Å². The average Bonchev–Trinajstić information content (AvgIpc) is 2.38. The number of nitrogens with zero attached hydrogens (tertiary/aromatic N) is 2. The van der Waals surface area contributed by atoms with Crippen molar-refractivity contribution in [2.45, 2.75) is 25.2 Å². The van der Waals surface area contributed by atoms with Crippen molar-refractivity contribution in [3.8, 4) is 0 Å². The Labute approximate surface area is 122 Å². The van der Waals surface area contributed by atoms with Gasteiger partial charge in [-0.2, -0.15) is 8.70 Å². The SMILES string of the molecule is Cc1cc(F)c([N+](=O)[O-])c(C)c1S(=O)(=O)N1CC=CCC1. The zero-order valence-corrected chi connectivity index (χ0v) is 12.5. The first-order chi connectivity index (χ1) is 9.76. The van der Waals surface area contributed by atoms with E-state index in [2.05, 4.69) is 0 Å². The fourth-order valence-electron chi connectivity index (χ4n) is 2.49. The molecule has 0 unspecified atom stereocenters. The van der Waals surface area contributed by atoms with Gasteiger partial charge in [-0.1, -0.05) is 12.2 Å². The summed E-state index contributed by atoms with van der Waals surface area (Å²) in [5, 5.41) is 11.0. The van der Waals surface area contributed by atoms with E-state index in [1.807, 2.05) is 6.08 Å². The van der Waals surface area contributed by atoms with Gasteiger partial charge in [0.2, 0.25) is 15.8 Å². The minimum atomic E-state index is -3.89. The van der Waals surface area contributed by atoms with Crippen LogP contribution in [0.4, 0.5) is 10.1 Å². The lowest BCUT2D eigenvalue weighted by atomic mass is 10.1. The van der Waals surface area contributed by atoms with Crippen LogP contribution in [0, 0.1) is 29.8 Å². The predicted octanol–water partition coefficient (Wildman–Crippen LogP) is 2.30. The third-order valence-electron chi connectivity index (χ3n) is 3.42. The van der Waals surface area contributed by atoms with Crippen LogP contribution in [-0.2, 0) is 10.0 Å². The minimum Gasteiger partial charge on any atom is -0.258 e. The van der Waals surface area contributed by atoms with E-state index in [-0.39, 0.29) is 22.6 Å². The van der Waals surface area contributed by atoms with Crippen molar-refractivity contribution in [2.24, 2.45) is 0 Å². The van der Waals surface area contributed by atoms with Gasteiger partial charge < -0.3 is 0 Å². The second-order valence-electron chi connectivity index (χ2n) is 4.86. The molecule has 6 nitrogen and oxygen atoms in total. The highest BCUT2D eigenvalue weighted by Crippen LogP contribution is 2.33. The van der Waals surface area contributed by atoms with Crippen molar-refractivity contribution in [1.29, 1.82) is 0 Å². The number of hydrogen-bond donors (Lipinski definition) is 0. The Morgan fingerprint density at radius 3 is 2.52 bits per heavy atom. The number of sulfonamides is 1. The lowest BCUT2D eigenvalue weighted by Gasteiger charge is -2.24. The van der Waals surface area contributed by atoms with Crippen LogP contribution in [-0.4, -0.2) is 30.7 Å². The standard InChI is InChI=1S/C13H15FN2O4S/c1-9-8-11(14)12(16(17)18)10(2)13(9)21(19,20)15-6-4-3-5-7-15/h3-4,8H,5-7H2,1-2H3. The zero-order valence-electron chi connectivity index (χ0n) is 11.7. The first-order valence-electron chi connectivity index (χ1n) is 6.36. The number of rotatable bonds is 3. The normalized spacial score (nSPS) is 16.1. The van der Waals surface area contributed by atoms with Gasteiger partial charge in [-0.05, 0) is 31.9 Å². The fourth-order valence-corrected chi connectivity index (χ4v) is 4.33. The molecule has 8 heteroatoms. The van der Waals surface area contributed by atoms with Gasteiger partial charge in [0.1, 0.15) is 0 Å². The first-order valence-corrected chi connectivity index (χ1v) is 7.80. The molecule has 0 saturated heterocycles. The van der Waals surface area contributed by atoms with Crippen molar-refractivity contribution in [3.05, 3.63) is 45.3 Å². The molecular formula is C13H15FN2O4S. The summed E-state index contributed by atoms with van der Waals surface area (Å²) in [4.78, 5) is 9.89. The number of nitro groups is 1. The topological polar surface area (TPSA) is 80.5 Å². The third-order valence-corrected chi connectivity index (χ3v) is 5.58. The summed E-state index contributed by atoms with van der Waals surface area (Å²) in [7, 11) is -3.89. The van der Waals surface area contributed by atoms with Gasteiger partial charge in [-0.3, -0.25) is 10.1 Å². The molecule has 0 fully saturated rings. The maximum atomic E-state index is 13.7. The molecular weight excluding hydrogens is 299 g/mol. The Balaban J connectivity index is 2.66. The number of nitro benzene ring substituents is 1. The summed E-state index contributed by atoms with van der Waals surface area (Å²) >= 11 is 0. The summed E-state index contributed by atoms with van der Waals surface area (Å²) < 4.78 is 40.3. The van der Waals surface area contributed by atoms with Gasteiger partial charge in [0.25, 0.3) is 0 Å². The van der Waals surface area contributed by atoms with E-state index in [0.29, 0.717) is 13.0 Å². The number of halogens is 1. The van der Waals surface area contributed by atoms with Crippen molar-refractivity contribution >= 4 is 15.7 Å². The largest absolute Gasteiger partial charge is 0.309 e. The van der Waals surface area contributed by atoms with Gasteiger partial charge in [-0.15, -0.1) is 0 Å². The second kappa shape index (κ2) is 5.53. The molecule has 0 aromatic heterocycles. The summed E-state index contributed by atoms with van der Waals surface area (Å²) in [6.07, 6.45) is 4.18. The van der Waals surface area contributed by atoms with E-state index in [1.165, 1.54) is 18.2 Å². The lowest BCUT2D eigenvalue weighted by Crippen LogP contribution is -2.34. The summed E-state index contributed by atoms with van der Waals surface area (Å²) in [6, 6.07) is 0.901. The maximum absolute atomic E-state index is 13.7. The van der Waals surface area contributed by atoms with E-state index in [4.69, 9.17) is 0 Å². The van der Waals surface area contributed by atoms with Gasteiger partial charge in [0, 0.05) is 13.1 Å². The van der Waals surface area contributed by atoms with E-state index in [9.17, 15) is 22.9 Å². The maximum Gasteiger partial charge on any atom is 0.309 e. The van der Waals surface area contributed by atoms with Crippen LogP contribution in [0.15, 0.2) is 23.1 Å². The van der Waals surface area contributed by atoms with Gasteiger partial charge in [0.15, 0.2) is 0 Å². The fraction of sp³-hybridized carbons (Fsp3) is 0.385. The minimum absolute atomic E-state index is 0.160. The first kappa shape index (κ1) is 15.6. The smallest absolute Gasteiger partial charge is 0.258 e. The number of benzene rings is 1. The monoisotopic (exact) mass is 314 g/mol. The summed E-state index contributed by atoms with van der Waals surface area (Å²) in [6.45, 7) is 3.22. The molecule has 0 N–H and O–H groups in total. The number of hydrogen-bond acceptors (Lipinski definition) is 4. The molecule has 21 heavy (non-hydrogen) atoms. The Bertz CT molecular complexity index is 728. The van der Waals surface area contributed by atoms with Crippen LogP contribution < -0.4 is 0 Å². The van der Waals surface area contributed by atoms with Crippen molar-refractivity contribution in [2.75, 3.05) is 13.1 Å². The highest BCUT2D eigenvalue weighted by molar-refractivity contribution is 7.89.